The van der Waals surface area contributed by atoms with Crippen LogP contribution in [0.5, 0.6) is 17.2 Å². The van der Waals surface area contributed by atoms with E-state index in [0.29, 0.717) is 16.5 Å². The molecule has 0 aliphatic carbocycles. The maximum atomic E-state index is 13.8. The lowest BCUT2D eigenvalue weighted by atomic mass is 10.2. The van der Waals surface area contributed by atoms with Gasteiger partial charge in [0.2, 0.25) is 5.91 Å². The normalized spacial score (nSPS) is 11.0. The van der Waals surface area contributed by atoms with Crippen LogP contribution in [0, 0.1) is 6.92 Å². The van der Waals surface area contributed by atoms with Crippen LogP contribution in [0.3, 0.4) is 0 Å². The Balaban J connectivity index is 2.09. The minimum Gasteiger partial charge on any atom is -0.495 e. The van der Waals surface area contributed by atoms with Crippen LogP contribution in [-0.4, -0.2) is 42.2 Å². The number of sulfonamides is 1. The van der Waals surface area contributed by atoms with Crippen molar-refractivity contribution < 1.29 is 27.4 Å². The first-order valence-electron chi connectivity index (χ1n) is 10.2. The number of nitrogens with one attached hydrogen (secondary N) is 1. The first-order valence-corrected chi connectivity index (χ1v) is 12.4. The van der Waals surface area contributed by atoms with Crippen molar-refractivity contribution in [3.05, 3.63) is 70.2 Å². The molecule has 0 atom stereocenters. The lowest BCUT2D eigenvalue weighted by Crippen LogP contribution is -2.38. The average Bonchev–Trinajstić information content (AvgIpc) is 2.84. The molecule has 8 nitrogen and oxygen atoms in total. The molecule has 0 bridgehead atoms. The van der Waals surface area contributed by atoms with Crippen LogP contribution in [0.1, 0.15) is 5.56 Å². The SMILES string of the molecule is COc1ccc(S(=O)(=O)N(CC(=O)Nc2cc(Cl)ccc2C)c2cc(Cl)ccc2OC)cc1OC. The standard InChI is InChI=1S/C24H24Cl2N2O6S/c1-15-5-6-16(25)11-19(15)27-24(29)14-28(20-12-17(26)7-9-21(20)32-2)35(30,31)18-8-10-22(33-3)23(13-18)34-4/h5-13H,14H2,1-4H3,(H,27,29). The van der Waals surface area contributed by atoms with Crippen molar-refractivity contribution in [3.8, 4) is 17.2 Å². The number of hydrogen-bond donors (Lipinski definition) is 1. The fraction of sp³-hybridized carbons (Fsp3) is 0.208. The molecule has 11 heteroatoms. The number of rotatable bonds is 9. The Morgan fingerprint density at radius 3 is 2.11 bits per heavy atom. The largest absolute Gasteiger partial charge is 0.495 e. The number of methoxy groups -OCH3 is 3. The van der Waals surface area contributed by atoms with Gasteiger partial charge in [0, 0.05) is 21.8 Å². The molecule has 0 saturated carbocycles. The molecule has 0 aliphatic heterocycles. The van der Waals surface area contributed by atoms with Crippen molar-refractivity contribution in [3.63, 3.8) is 0 Å². The van der Waals surface area contributed by atoms with E-state index in [2.05, 4.69) is 5.32 Å². The molecule has 0 aromatic heterocycles. The summed E-state index contributed by atoms with van der Waals surface area (Å²) in [5.41, 5.74) is 1.31. The molecule has 3 aromatic carbocycles. The van der Waals surface area contributed by atoms with Crippen molar-refractivity contribution in [1.29, 1.82) is 0 Å². The van der Waals surface area contributed by atoms with Crippen molar-refractivity contribution in [1.82, 2.24) is 0 Å². The zero-order valence-electron chi connectivity index (χ0n) is 19.5. The van der Waals surface area contributed by atoms with Gasteiger partial charge < -0.3 is 19.5 Å². The molecule has 35 heavy (non-hydrogen) atoms. The van der Waals surface area contributed by atoms with E-state index >= 15 is 0 Å². The Labute approximate surface area is 214 Å². The van der Waals surface area contributed by atoms with E-state index in [4.69, 9.17) is 37.4 Å². The number of amides is 1. The third-order valence-corrected chi connectivity index (χ3v) is 7.34. The van der Waals surface area contributed by atoms with Gasteiger partial charge in [0.1, 0.15) is 12.3 Å². The number of benzene rings is 3. The van der Waals surface area contributed by atoms with Gasteiger partial charge in [-0.1, -0.05) is 29.3 Å². The summed E-state index contributed by atoms with van der Waals surface area (Å²) in [5.74, 6) is 0.185. The second kappa shape index (κ2) is 11.1. The molecule has 3 aromatic rings. The quantitative estimate of drug-likeness (QED) is 0.404. The summed E-state index contributed by atoms with van der Waals surface area (Å²) < 4.78 is 44.4. The fourth-order valence-corrected chi connectivity index (χ4v) is 5.09. The monoisotopic (exact) mass is 538 g/mol. The molecule has 0 fully saturated rings. The minimum absolute atomic E-state index is 0.0905. The van der Waals surface area contributed by atoms with Crippen molar-refractivity contribution in [2.24, 2.45) is 0 Å². The predicted molar refractivity (Wildman–Crippen MR) is 137 cm³/mol. The number of ether oxygens (including phenoxy) is 3. The molecule has 1 amide bonds. The lowest BCUT2D eigenvalue weighted by molar-refractivity contribution is -0.114. The van der Waals surface area contributed by atoms with Crippen LogP contribution in [0.2, 0.25) is 10.0 Å². The molecule has 0 heterocycles. The highest BCUT2D eigenvalue weighted by Crippen LogP contribution is 2.37. The second-order valence-corrected chi connectivity index (χ2v) is 10.1. The fourth-order valence-electron chi connectivity index (χ4n) is 3.31. The number of carbonyl (C=O) groups is 1. The summed E-state index contributed by atoms with van der Waals surface area (Å²) in [6, 6.07) is 13.7. The van der Waals surface area contributed by atoms with Gasteiger partial charge in [-0.25, -0.2) is 8.42 Å². The van der Waals surface area contributed by atoms with Gasteiger partial charge in [0.05, 0.1) is 31.9 Å². The van der Waals surface area contributed by atoms with E-state index in [0.717, 1.165) is 9.87 Å². The number of halogens is 2. The molecule has 0 aliphatic rings. The zero-order chi connectivity index (χ0) is 25.8. The Bertz CT molecular complexity index is 1350. The summed E-state index contributed by atoms with van der Waals surface area (Å²) in [5, 5.41) is 3.41. The summed E-state index contributed by atoms with van der Waals surface area (Å²) in [6.07, 6.45) is 0. The Morgan fingerprint density at radius 2 is 1.46 bits per heavy atom. The maximum absolute atomic E-state index is 13.8. The van der Waals surface area contributed by atoms with Gasteiger partial charge in [0.15, 0.2) is 11.5 Å². The molecular formula is C24H24Cl2N2O6S. The minimum atomic E-state index is -4.29. The third-order valence-electron chi connectivity index (χ3n) is 5.11. The molecule has 0 unspecified atom stereocenters. The Hall–Kier alpha value is -3.14. The molecule has 0 spiro atoms. The van der Waals surface area contributed by atoms with Crippen LogP contribution in [-0.2, 0) is 14.8 Å². The topological polar surface area (TPSA) is 94.2 Å². The maximum Gasteiger partial charge on any atom is 0.265 e. The second-order valence-electron chi connectivity index (χ2n) is 7.35. The Kier molecular flexibility index (Phi) is 8.37. The van der Waals surface area contributed by atoms with Crippen LogP contribution < -0.4 is 23.8 Å². The van der Waals surface area contributed by atoms with E-state index in [-0.39, 0.29) is 27.1 Å². The van der Waals surface area contributed by atoms with Crippen molar-refractivity contribution in [2.75, 3.05) is 37.5 Å². The van der Waals surface area contributed by atoms with E-state index < -0.39 is 22.5 Å². The highest BCUT2D eigenvalue weighted by Gasteiger charge is 2.31. The number of hydrogen-bond acceptors (Lipinski definition) is 6. The summed E-state index contributed by atoms with van der Waals surface area (Å²) >= 11 is 12.2. The first-order chi connectivity index (χ1) is 16.6. The number of anilines is 2. The van der Waals surface area contributed by atoms with E-state index in [1.807, 2.05) is 0 Å². The molecule has 3 rings (SSSR count). The number of carbonyl (C=O) groups excluding carboxylic acids is 1. The lowest BCUT2D eigenvalue weighted by Gasteiger charge is -2.26. The molecule has 186 valence electrons. The summed E-state index contributed by atoms with van der Waals surface area (Å²) in [6.45, 7) is 1.23. The predicted octanol–water partition coefficient (Wildman–Crippen LogP) is 5.16. The molecular weight excluding hydrogens is 515 g/mol. The highest BCUT2D eigenvalue weighted by atomic mass is 35.5. The van der Waals surface area contributed by atoms with Gasteiger partial charge in [-0.2, -0.15) is 0 Å². The smallest absolute Gasteiger partial charge is 0.265 e. The van der Waals surface area contributed by atoms with E-state index in [1.165, 1.54) is 51.7 Å². The molecule has 0 saturated heterocycles. The third kappa shape index (κ3) is 5.93. The van der Waals surface area contributed by atoms with Crippen molar-refractivity contribution in [2.45, 2.75) is 11.8 Å². The van der Waals surface area contributed by atoms with Crippen LogP contribution in [0.15, 0.2) is 59.5 Å². The van der Waals surface area contributed by atoms with Crippen molar-refractivity contribution >= 4 is 50.5 Å². The van der Waals surface area contributed by atoms with Gasteiger partial charge in [0.25, 0.3) is 10.0 Å². The van der Waals surface area contributed by atoms with Crippen LogP contribution in [0.25, 0.3) is 0 Å². The zero-order valence-corrected chi connectivity index (χ0v) is 21.8. The Morgan fingerprint density at radius 1 is 0.857 bits per heavy atom. The highest BCUT2D eigenvalue weighted by molar-refractivity contribution is 7.92. The van der Waals surface area contributed by atoms with Gasteiger partial charge in [-0.3, -0.25) is 9.10 Å². The van der Waals surface area contributed by atoms with Gasteiger partial charge >= 0.3 is 0 Å². The first kappa shape index (κ1) is 26.5. The summed E-state index contributed by atoms with van der Waals surface area (Å²) in [7, 11) is -0.0648. The van der Waals surface area contributed by atoms with E-state index in [9.17, 15) is 13.2 Å². The van der Waals surface area contributed by atoms with Crippen LogP contribution >= 0.6 is 23.2 Å². The van der Waals surface area contributed by atoms with E-state index in [1.54, 1.807) is 31.2 Å². The van der Waals surface area contributed by atoms with Gasteiger partial charge in [-0.15, -0.1) is 0 Å². The number of aryl methyl sites for hydroxylation is 1. The number of nitrogens with zero attached hydrogens (tertiary/aromatic N) is 1. The average molecular weight is 539 g/mol. The molecule has 1 N–H and O–H groups in total. The molecule has 0 radical (unpaired) electrons. The van der Waals surface area contributed by atoms with Crippen LogP contribution in [0.4, 0.5) is 11.4 Å². The van der Waals surface area contributed by atoms with Gasteiger partial charge in [-0.05, 0) is 55.0 Å². The summed E-state index contributed by atoms with van der Waals surface area (Å²) in [4.78, 5) is 12.9.